The zero-order valence-corrected chi connectivity index (χ0v) is 15.8. The Bertz CT molecular complexity index is 1020. The highest BCUT2D eigenvalue weighted by Crippen LogP contribution is 2.39. The van der Waals surface area contributed by atoms with Crippen LogP contribution >= 0.6 is 0 Å². The number of halogens is 3. The summed E-state index contributed by atoms with van der Waals surface area (Å²) >= 11 is 0. The van der Waals surface area contributed by atoms with Crippen LogP contribution in [0.5, 0.6) is 0 Å². The first-order valence-electron chi connectivity index (χ1n) is 9.37. The van der Waals surface area contributed by atoms with E-state index >= 15 is 0 Å². The Balaban J connectivity index is 1.71. The Morgan fingerprint density at radius 1 is 1.03 bits per heavy atom. The molecule has 2 heterocycles. The third-order valence-corrected chi connectivity index (χ3v) is 5.05. The van der Waals surface area contributed by atoms with E-state index in [2.05, 4.69) is 10.4 Å². The van der Waals surface area contributed by atoms with E-state index in [1.54, 1.807) is 12.1 Å². The first-order chi connectivity index (χ1) is 13.8. The number of nitrogens with zero attached hydrogens (tertiary/aromatic N) is 2. The van der Waals surface area contributed by atoms with Crippen molar-refractivity contribution in [2.45, 2.75) is 25.2 Å². The van der Waals surface area contributed by atoms with Crippen molar-refractivity contribution in [2.24, 2.45) is 5.73 Å². The number of hydrogen-bond acceptors (Lipinski definition) is 3. The van der Waals surface area contributed by atoms with Gasteiger partial charge in [-0.2, -0.15) is 18.3 Å². The second-order valence-electron chi connectivity index (χ2n) is 7.18. The molecule has 3 N–H and O–H groups in total. The molecular formula is C22H21F3N4. The van der Waals surface area contributed by atoms with Gasteiger partial charge in [-0.15, -0.1) is 0 Å². The van der Waals surface area contributed by atoms with Crippen LogP contribution < -0.4 is 11.1 Å². The molecule has 4 nitrogen and oxygen atoms in total. The summed E-state index contributed by atoms with van der Waals surface area (Å²) in [5.41, 5.74) is 8.16. The summed E-state index contributed by atoms with van der Waals surface area (Å²) in [5, 5.41) is 6.83. The molecule has 3 aromatic rings. The average molecular weight is 398 g/mol. The van der Waals surface area contributed by atoms with Crippen molar-refractivity contribution in [3.8, 4) is 5.69 Å². The van der Waals surface area contributed by atoms with Crippen LogP contribution in [-0.4, -0.2) is 16.3 Å². The average Bonchev–Trinajstić information content (AvgIpc) is 3.13. The topological polar surface area (TPSA) is 55.9 Å². The van der Waals surface area contributed by atoms with E-state index in [1.165, 1.54) is 4.68 Å². The normalized spacial score (nSPS) is 19.5. The van der Waals surface area contributed by atoms with Crippen molar-refractivity contribution in [1.29, 1.82) is 0 Å². The zero-order valence-electron chi connectivity index (χ0n) is 15.8. The molecule has 2 atom stereocenters. The van der Waals surface area contributed by atoms with Gasteiger partial charge in [0.1, 0.15) is 0 Å². The van der Waals surface area contributed by atoms with E-state index in [9.17, 15) is 13.2 Å². The fraction of sp³-hybridized carbons (Fsp3) is 0.227. The molecule has 29 heavy (non-hydrogen) atoms. The van der Waals surface area contributed by atoms with Crippen molar-refractivity contribution < 1.29 is 13.2 Å². The number of fused-ring (bicyclic) bond motifs is 1. The Hall–Kier alpha value is -2.90. The molecule has 2 aromatic carbocycles. The second kappa shape index (κ2) is 7.50. The Labute approximate surface area is 166 Å². The van der Waals surface area contributed by atoms with Crippen LogP contribution in [-0.2, 0) is 6.18 Å². The van der Waals surface area contributed by atoms with Crippen LogP contribution in [0.1, 0.15) is 47.1 Å². The maximum atomic E-state index is 13.6. The molecule has 0 amide bonds. The molecule has 7 heteroatoms. The fourth-order valence-corrected chi connectivity index (χ4v) is 3.62. The third kappa shape index (κ3) is 3.83. The first kappa shape index (κ1) is 19.4. The minimum Gasteiger partial charge on any atom is -0.312 e. The summed E-state index contributed by atoms with van der Waals surface area (Å²) < 4.78 is 42.1. The summed E-state index contributed by atoms with van der Waals surface area (Å²) in [6.07, 6.45) is -1.51. The van der Waals surface area contributed by atoms with E-state index in [0.29, 0.717) is 17.9 Å². The molecule has 0 fully saturated rings. The highest BCUT2D eigenvalue weighted by atomic mass is 19.4. The number of aromatic nitrogens is 2. The minimum absolute atomic E-state index is 0.0318. The highest BCUT2D eigenvalue weighted by Gasteiger charge is 2.43. The van der Waals surface area contributed by atoms with Crippen molar-refractivity contribution in [2.75, 3.05) is 6.54 Å². The molecule has 1 aromatic heterocycles. The Morgan fingerprint density at radius 2 is 1.66 bits per heavy atom. The van der Waals surface area contributed by atoms with Crippen LogP contribution in [0, 0.1) is 0 Å². The van der Waals surface area contributed by atoms with Gasteiger partial charge in [-0.05, 0) is 23.3 Å². The molecule has 0 saturated carbocycles. The van der Waals surface area contributed by atoms with Crippen LogP contribution in [0.4, 0.5) is 13.2 Å². The van der Waals surface area contributed by atoms with Gasteiger partial charge in [0.15, 0.2) is 5.69 Å². The monoisotopic (exact) mass is 398 g/mol. The van der Waals surface area contributed by atoms with Crippen LogP contribution in [0.15, 0.2) is 54.6 Å². The van der Waals surface area contributed by atoms with Crippen molar-refractivity contribution in [3.05, 3.63) is 82.7 Å². The molecule has 1 aliphatic rings. The lowest BCUT2D eigenvalue weighted by Crippen LogP contribution is -2.38. The van der Waals surface area contributed by atoms with Gasteiger partial charge < -0.3 is 5.73 Å². The minimum atomic E-state index is -4.57. The number of nitrogens with one attached hydrogen (secondary N) is 1. The van der Waals surface area contributed by atoms with Crippen LogP contribution in [0.3, 0.4) is 0 Å². The summed E-state index contributed by atoms with van der Waals surface area (Å²) in [6, 6.07) is 17.1. The third-order valence-electron chi connectivity index (χ3n) is 5.05. The van der Waals surface area contributed by atoms with Gasteiger partial charge in [0.25, 0.3) is 0 Å². The van der Waals surface area contributed by atoms with Gasteiger partial charge in [-0.1, -0.05) is 61.5 Å². The van der Waals surface area contributed by atoms with Crippen LogP contribution in [0.25, 0.3) is 17.8 Å². The second-order valence-corrected chi connectivity index (χ2v) is 7.18. The smallest absolute Gasteiger partial charge is 0.312 e. The molecule has 0 spiro atoms. The van der Waals surface area contributed by atoms with E-state index < -0.39 is 18.0 Å². The maximum absolute atomic E-state index is 13.6. The van der Waals surface area contributed by atoms with Crippen molar-refractivity contribution in [1.82, 2.24) is 15.1 Å². The van der Waals surface area contributed by atoms with E-state index in [-0.39, 0.29) is 11.5 Å². The first-order valence-corrected chi connectivity index (χ1v) is 9.37. The number of rotatable bonds is 3. The predicted octanol–water partition coefficient (Wildman–Crippen LogP) is 4.73. The Morgan fingerprint density at radius 3 is 2.28 bits per heavy atom. The van der Waals surface area contributed by atoms with Gasteiger partial charge in [-0.25, -0.2) is 4.68 Å². The lowest BCUT2D eigenvalue weighted by atomic mass is 9.95. The molecule has 0 bridgehead atoms. The summed E-state index contributed by atoms with van der Waals surface area (Å²) in [5.74, 6) is -0.147. The SMILES string of the molecule is CC1CNC(N)c2c(C(F)(F)F)nn(-c3ccc(/C=C/c4ccccc4)cc3)c21. The number of nitrogens with two attached hydrogens (primary N) is 1. The number of benzene rings is 2. The Kier molecular flexibility index (Phi) is 5.02. The van der Waals surface area contributed by atoms with E-state index in [1.807, 2.05) is 61.5 Å². The molecule has 0 aliphatic carbocycles. The molecule has 1 aliphatic heterocycles. The van der Waals surface area contributed by atoms with Crippen molar-refractivity contribution >= 4 is 12.2 Å². The van der Waals surface area contributed by atoms with E-state index in [4.69, 9.17) is 5.73 Å². The number of alkyl halides is 3. The van der Waals surface area contributed by atoms with E-state index in [0.717, 1.165) is 11.1 Å². The van der Waals surface area contributed by atoms with Crippen molar-refractivity contribution in [3.63, 3.8) is 0 Å². The summed E-state index contributed by atoms with van der Waals surface area (Å²) in [7, 11) is 0. The van der Waals surface area contributed by atoms with Gasteiger partial charge >= 0.3 is 6.18 Å². The highest BCUT2D eigenvalue weighted by molar-refractivity contribution is 5.69. The molecule has 2 unspecified atom stereocenters. The van der Waals surface area contributed by atoms with Crippen LogP contribution in [0.2, 0.25) is 0 Å². The predicted molar refractivity (Wildman–Crippen MR) is 107 cm³/mol. The van der Waals surface area contributed by atoms with Gasteiger partial charge in [-0.3, -0.25) is 5.32 Å². The maximum Gasteiger partial charge on any atom is 0.435 e. The molecule has 0 saturated heterocycles. The number of hydrogen-bond donors (Lipinski definition) is 2. The molecule has 0 radical (unpaired) electrons. The van der Waals surface area contributed by atoms with Gasteiger partial charge in [0.2, 0.25) is 0 Å². The zero-order chi connectivity index (χ0) is 20.6. The summed E-state index contributed by atoms with van der Waals surface area (Å²) in [6.45, 7) is 2.36. The standard InChI is InChI=1S/C22H21F3N4/c1-14-13-27-21(26)18-19(14)29(28-20(18)22(23,24)25)17-11-9-16(10-12-17)8-7-15-5-3-2-4-6-15/h2-12,14,21,27H,13,26H2,1H3/b8-7+. The lowest BCUT2D eigenvalue weighted by Gasteiger charge is -2.27. The van der Waals surface area contributed by atoms with Gasteiger partial charge in [0, 0.05) is 18.0 Å². The summed E-state index contributed by atoms with van der Waals surface area (Å²) in [4.78, 5) is 0. The molecular weight excluding hydrogens is 377 g/mol. The molecule has 150 valence electrons. The lowest BCUT2D eigenvalue weighted by molar-refractivity contribution is -0.142. The quantitative estimate of drug-likeness (QED) is 0.628. The van der Waals surface area contributed by atoms with Gasteiger partial charge in [0.05, 0.1) is 17.5 Å². The fourth-order valence-electron chi connectivity index (χ4n) is 3.62. The largest absolute Gasteiger partial charge is 0.435 e. The molecule has 4 rings (SSSR count).